The van der Waals surface area contributed by atoms with E-state index in [2.05, 4.69) is 0 Å². The third-order valence-electron chi connectivity index (χ3n) is 3.46. The summed E-state index contributed by atoms with van der Waals surface area (Å²) in [6, 6.07) is 17.5. The van der Waals surface area contributed by atoms with Crippen LogP contribution in [-0.4, -0.2) is 17.8 Å². The summed E-state index contributed by atoms with van der Waals surface area (Å²) in [5.74, 6) is -1.05. The highest BCUT2D eigenvalue weighted by Gasteiger charge is 2.18. The number of furan rings is 1. The normalized spacial score (nSPS) is 10.2. The molecule has 2 aromatic carbocycles. The van der Waals surface area contributed by atoms with E-state index in [9.17, 15) is 14.4 Å². The van der Waals surface area contributed by atoms with E-state index in [1.165, 1.54) is 18.2 Å². The van der Waals surface area contributed by atoms with Crippen LogP contribution in [0.2, 0.25) is 5.02 Å². The second-order valence-electron chi connectivity index (χ2n) is 5.25. The van der Waals surface area contributed by atoms with Crippen molar-refractivity contribution in [2.75, 3.05) is 0 Å². The first-order chi connectivity index (χ1) is 12.5. The molecule has 0 unspecified atom stereocenters. The molecule has 1 aromatic heterocycles. The molecule has 0 aliphatic carbocycles. The van der Waals surface area contributed by atoms with Gasteiger partial charge in [-0.1, -0.05) is 54.1 Å². The van der Waals surface area contributed by atoms with Crippen molar-refractivity contribution in [1.82, 2.24) is 10.6 Å². The van der Waals surface area contributed by atoms with Gasteiger partial charge in [-0.05, 0) is 24.3 Å². The van der Waals surface area contributed by atoms with Crippen molar-refractivity contribution < 1.29 is 18.8 Å². The second-order valence-corrected chi connectivity index (χ2v) is 5.65. The van der Waals surface area contributed by atoms with Gasteiger partial charge >= 0.3 is 6.03 Å². The van der Waals surface area contributed by atoms with Gasteiger partial charge in [0, 0.05) is 5.56 Å². The molecule has 7 heteroatoms. The highest BCUT2D eigenvalue weighted by Crippen LogP contribution is 2.21. The molecule has 0 radical (unpaired) electrons. The maximum atomic E-state index is 12.1. The Morgan fingerprint density at radius 2 is 1.42 bits per heavy atom. The zero-order valence-corrected chi connectivity index (χ0v) is 14.1. The minimum Gasteiger partial charge on any atom is -0.451 e. The van der Waals surface area contributed by atoms with Crippen LogP contribution in [0.3, 0.4) is 0 Å². The molecular formula is C19H13ClN2O4. The summed E-state index contributed by atoms with van der Waals surface area (Å²) in [6.07, 6.45) is 0. The molecular weight excluding hydrogens is 356 g/mol. The molecule has 6 nitrogen and oxygen atoms in total. The molecule has 26 heavy (non-hydrogen) atoms. The number of nitrogens with one attached hydrogen (secondary N) is 2. The van der Waals surface area contributed by atoms with E-state index in [0.29, 0.717) is 5.76 Å². The number of urea groups is 1. The molecule has 4 amide bonds. The fraction of sp³-hybridized carbons (Fsp3) is 0. The number of imide groups is 2. The van der Waals surface area contributed by atoms with E-state index in [1.54, 1.807) is 18.2 Å². The van der Waals surface area contributed by atoms with E-state index < -0.39 is 17.8 Å². The maximum absolute atomic E-state index is 12.1. The van der Waals surface area contributed by atoms with Gasteiger partial charge in [-0.3, -0.25) is 20.2 Å². The molecule has 1 heterocycles. The average Bonchev–Trinajstić information content (AvgIpc) is 3.13. The third-order valence-corrected chi connectivity index (χ3v) is 3.79. The topological polar surface area (TPSA) is 88.4 Å². The molecule has 0 spiro atoms. The van der Waals surface area contributed by atoms with Crippen LogP contribution < -0.4 is 10.6 Å². The van der Waals surface area contributed by atoms with Gasteiger partial charge in [0.25, 0.3) is 11.8 Å². The van der Waals surface area contributed by atoms with Gasteiger partial charge < -0.3 is 4.42 Å². The first kappa shape index (κ1) is 17.4. The van der Waals surface area contributed by atoms with Gasteiger partial charge in [0.05, 0.1) is 10.6 Å². The molecule has 0 saturated carbocycles. The average molecular weight is 369 g/mol. The molecule has 0 fully saturated rings. The zero-order valence-electron chi connectivity index (χ0n) is 13.4. The molecule has 130 valence electrons. The molecule has 3 aromatic rings. The van der Waals surface area contributed by atoms with Crippen LogP contribution in [0.25, 0.3) is 11.3 Å². The Bertz CT molecular complexity index is 966. The van der Waals surface area contributed by atoms with Gasteiger partial charge in [-0.2, -0.15) is 0 Å². The number of benzene rings is 2. The van der Waals surface area contributed by atoms with Crippen molar-refractivity contribution in [3.63, 3.8) is 0 Å². The van der Waals surface area contributed by atoms with Crippen LogP contribution in [0.15, 0.2) is 71.1 Å². The summed E-state index contributed by atoms with van der Waals surface area (Å²) in [5.41, 5.74) is 0.922. The molecule has 3 rings (SSSR count). The van der Waals surface area contributed by atoms with Crippen molar-refractivity contribution in [3.05, 3.63) is 83.1 Å². The van der Waals surface area contributed by atoms with Crippen LogP contribution in [0.5, 0.6) is 0 Å². The summed E-state index contributed by atoms with van der Waals surface area (Å²) >= 11 is 5.89. The number of carbonyl (C=O) groups is 3. The van der Waals surface area contributed by atoms with Crippen LogP contribution in [0, 0.1) is 0 Å². The Morgan fingerprint density at radius 1 is 0.769 bits per heavy atom. The Labute approximate surface area is 153 Å². The van der Waals surface area contributed by atoms with Crippen molar-refractivity contribution in [2.45, 2.75) is 0 Å². The Balaban J connectivity index is 1.63. The van der Waals surface area contributed by atoms with E-state index in [-0.39, 0.29) is 16.3 Å². The largest absolute Gasteiger partial charge is 0.451 e. The van der Waals surface area contributed by atoms with E-state index in [0.717, 1.165) is 5.56 Å². The SMILES string of the molecule is O=C(NC(=O)c1ccc(-c2ccccc2)o1)NC(=O)c1ccccc1Cl. The lowest BCUT2D eigenvalue weighted by atomic mass is 10.2. The molecule has 0 aliphatic rings. The number of amides is 4. The molecule has 0 atom stereocenters. The number of hydrogen-bond acceptors (Lipinski definition) is 4. The quantitative estimate of drug-likeness (QED) is 0.734. The van der Waals surface area contributed by atoms with Gasteiger partial charge in [-0.15, -0.1) is 0 Å². The summed E-state index contributed by atoms with van der Waals surface area (Å²) < 4.78 is 5.44. The number of carbonyl (C=O) groups excluding carboxylic acids is 3. The standard InChI is InChI=1S/C19H13ClN2O4/c20-14-9-5-4-8-13(14)17(23)21-19(25)22-18(24)16-11-10-15(26-16)12-6-2-1-3-7-12/h1-11H,(H2,21,22,23,24,25). The van der Waals surface area contributed by atoms with Crippen molar-refractivity contribution in [1.29, 1.82) is 0 Å². The van der Waals surface area contributed by atoms with E-state index in [1.807, 2.05) is 41.0 Å². The van der Waals surface area contributed by atoms with Crippen LogP contribution in [0.4, 0.5) is 4.79 Å². The summed E-state index contributed by atoms with van der Waals surface area (Å²) in [6.45, 7) is 0. The van der Waals surface area contributed by atoms with Crippen LogP contribution in [0.1, 0.15) is 20.9 Å². The summed E-state index contributed by atoms with van der Waals surface area (Å²) in [5, 5.41) is 4.27. The first-order valence-electron chi connectivity index (χ1n) is 7.61. The molecule has 0 saturated heterocycles. The van der Waals surface area contributed by atoms with Gasteiger partial charge in [-0.25, -0.2) is 4.79 Å². The second kappa shape index (κ2) is 7.67. The van der Waals surface area contributed by atoms with Crippen molar-refractivity contribution in [3.8, 4) is 11.3 Å². The Hall–Kier alpha value is -3.38. The van der Waals surface area contributed by atoms with E-state index in [4.69, 9.17) is 16.0 Å². The van der Waals surface area contributed by atoms with Crippen LogP contribution in [-0.2, 0) is 0 Å². The Morgan fingerprint density at radius 3 is 2.15 bits per heavy atom. The third kappa shape index (κ3) is 3.99. The molecule has 0 aliphatic heterocycles. The fourth-order valence-electron chi connectivity index (χ4n) is 2.23. The van der Waals surface area contributed by atoms with Crippen molar-refractivity contribution >= 4 is 29.4 Å². The smallest absolute Gasteiger partial charge is 0.328 e. The molecule has 0 bridgehead atoms. The lowest BCUT2D eigenvalue weighted by molar-refractivity contribution is 0.0927. The maximum Gasteiger partial charge on any atom is 0.328 e. The lowest BCUT2D eigenvalue weighted by Gasteiger charge is -2.06. The number of hydrogen-bond donors (Lipinski definition) is 2. The van der Waals surface area contributed by atoms with Gasteiger partial charge in [0.1, 0.15) is 5.76 Å². The minimum absolute atomic E-state index is 0.0517. The van der Waals surface area contributed by atoms with Gasteiger partial charge in [0.15, 0.2) is 5.76 Å². The van der Waals surface area contributed by atoms with Crippen LogP contribution >= 0.6 is 11.6 Å². The Kier molecular flexibility index (Phi) is 5.15. The monoisotopic (exact) mass is 368 g/mol. The highest BCUT2D eigenvalue weighted by molar-refractivity contribution is 6.34. The zero-order chi connectivity index (χ0) is 18.5. The first-order valence-corrected chi connectivity index (χ1v) is 7.99. The van der Waals surface area contributed by atoms with E-state index >= 15 is 0 Å². The van der Waals surface area contributed by atoms with Crippen molar-refractivity contribution in [2.24, 2.45) is 0 Å². The van der Waals surface area contributed by atoms with Gasteiger partial charge in [0.2, 0.25) is 0 Å². The number of rotatable bonds is 3. The summed E-state index contributed by atoms with van der Waals surface area (Å²) in [4.78, 5) is 35.9. The number of halogens is 1. The fourth-order valence-corrected chi connectivity index (χ4v) is 2.45. The highest BCUT2D eigenvalue weighted by atomic mass is 35.5. The predicted octanol–water partition coefficient (Wildman–Crippen LogP) is 3.88. The lowest BCUT2D eigenvalue weighted by Crippen LogP contribution is -2.42. The predicted molar refractivity (Wildman–Crippen MR) is 95.9 cm³/mol. The molecule has 2 N–H and O–H groups in total. The minimum atomic E-state index is -0.974. The summed E-state index contributed by atoms with van der Waals surface area (Å²) in [7, 11) is 0.